The number of hydrogen-bond acceptors (Lipinski definition) is 11. The molecule has 7 rings (SSSR count). The number of benzene rings is 1. The molecule has 0 bridgehead atoms. The summed E-state index contributed by atoms with van der Waals surface area (Å²) < 4.78 is 5.54. The summed E-state index contributed by atoms with van der Waals surface area (Å²) in [6.45, 7) is 12.8. The Hall–Kier alpha value is -4.19. The summed E-state index contributed by atoms with van der Waals surface area (Å²) >= 11 is 0. The second-order valence-corrected chi connectivity index (χ2v) is 14.7. The molecule has 1 saturated carbocycles. The number of piperazine rings is 1. The van der Waals surface area contributed by atoms with Crippen LogP contribution in [0.5, 0.6) is 5.75 Å². The van der Waals surface area contributed by atoms with Crippen LogP contribution in [0.25, 0.3) is 11.3 Å². The third kappa shape index (κ3) is 6.52. The van der Waals surface area contributed by atoms with Crippen molar-refractivity contribution in [2.24, 2.45) is 5.41 Å². The molecule has 12 heteroatoms. The fraction of sp³-hybridized carbons (Fsp3) is 0.571. The molecule has 1 amide bonds. The molecule has 47 heavy (non-hydrogen) atoms. The van der Waals surface area contributed by atoms with Crippen LogP contribution in [0.3, 0.4) is 0 Å². The molecular weight excluding hydrogens is 594 g/mol. The summed E-state index contributed by atoms with van der Waals surface area (Å²) in [5.74, 6) is 2.18. The monoisotopic (exact) mass is 641 g/mol. The van der Waals surface area contributed by atoms with Gasteiger partial charge < -0.3 is 34.8 Å². The van der Waals surface area contributed by atoms with Crippen LogP contribution in [0.15, 0.2) is 42.7 Å². The fourth-order valence-electron chi connectivity index (χ4n) is 7.75. The first-order valence-corrected chi connectivity index (χ1v) is 17.0. The van der Waals surface area contributed by atoms with E-state index in [2.05, 4.69) is 30.2 Å². The van der Waals surface area contributed by atoms with Crippen molar-refractivity contribution in [2.75, 3.05) is 74.5 Å². The van der Waals surface area contributed by atoms with Crippen molar-refractivity contribution in [1.82, 2.24) is 30.0 Å². The van der Waals surface area contributed by atoms with Crippen molar-refractivity contribution in [3.05, 3.63) is 48.3 Å². The van der Waals surface area contributed by atoms with Crippen molar-refractivity contribution >= 4 is 23.5 Å². The van der Waals surface area contributed by atoms with Gasteiger partial charge in [0.1, 0.15) is 11.4 Å². The van der Waals surface area contributed by atoms with Gasteiger partial charge in [-0.25, -0.2) is 14.8 Å². The lowest BCUT2D eigenvalue weighted by Gasteiger charge is -2.61. The molecule has 3 aliphatic heterocycles. The number of carbonyl (C=O) groups excluding carboxylic acids is 1. The minimum absolute atomic E-state index is 0.173. The van der Waals surface area contributed by atoms with Crippen molar-refractivity contribution in [3.8, 4) is 17.0 Å². The van der Waals surface area contributed by atoms with Gasteiger partial charge in [0.05, 0.1) is 11.4 Å². The molecule has 3 aromatic rings. The first-order valence-electron chi connectivity index (χ1n) is 17.0. The van der Waals surface area contributed by atoms with Crippen molar-refractivity contribution in [2.45, 2.75) is 64.0 Å². The van der Waals surface area contributed by atoms with Gasteiger partial charge in [-0.3, -0.25) is 0 Å². The van der Waals surface area contributed by atoms with Crippen LogP contribution in [0.1, 0.15) is 57.9 Å². The van der Waals surface area contributed by atoms with Crippen molar-refractivity contribution < 1.29 is 14.6 Å². The third-order valence-electron chi connectivity index (χ3n) is 10.3. The maximum atomic E-state index is 12.3. The van der Waals surface area contributed by atoms with E-state index in [4.69, 9.17) is 14.7 Å². The fourth-order valence-corrected chi connectivity index (χ4v) is 7.75. The highest BCUT2D eigenvalue weighted by Crippen LogP contribution is 2.51. The van der Waals surface area contributed by atoms with E-state index in [1.54, 1.807) is 12.1 Å². The molecule has 4 fully saturated rings. The number of amides is 1. The maximum Gasteiger partial charge on any atom is 0.410 e. The Labute approximate surface area is 277 Å². The van der Waals surface area contributed by atoms with E-state index in [0.29, 0.717) is 34.4 Å². The molecule has 0 unspecified atom stereocenters. The highest BCUT2D eigenvalue weighted by molar-refractivity contribution is 5.75. The average Bonchev–Trinajstić information content (AvgIpc) is 3.03. The Morgan fingerprint density at radius 1 is 0.957 bits per heavy atom. The number of nitrogens with one attached hydrogen (secondary N) is 1. The number of nitrogens with zero attached hydrogens (tertiary/aromatic N) is 8. The molecule has 2 N–H and O–H groups in total. The lowest BCUT2D eigenvalue weighted by molar-refractivity contribution is -0.110. The van der Waals surface area contributed by atoms with Gasteiger partial charge in [0, 0.05) is 75.7 Å². The highest BCUT2D eigenvalue weighted by atomic mass is 16.6. The van der Waals surface area contributed by atoms with E-state index >= 15 is 0 Å². The molecule has 250 valence electrons. The Kier molecular flexibility index (Phi) is 8.32. The summed E-state index contributed by atoms with van der Waals surface area (Å²) in [6, 6.07) is 9.84. The van der Waals surface area contributed by atoms with E-state index in [9.17, 15) is 9.90 Å². The Bertz CT molecular complexity index is 1560. The molecule has 5 heterocycles. The summed E-state index contributed by atoms with van der Waals surface area (Å²) in [7, 11) is 1.85. The largest absolute Gasteiger partial charge is 0.507 e. The Morgan fingerprint density at radius 2 is 1.62 bits per heavy atom. The molecule has 1 aromatic carbocycles. The number of para-hydroxylation sites is 1. The van der Waals surface area contributed by atoms with Crippen LogP contribution >= 0.6 is 0 Å². The molecule has 0 radical (unpaired) electrons. The minimum Gasteiger partial charge on any atom is -0.507 e. The van der Waals surface area contributed by atoms with E-state index in [0.717, 1.165) is 76.8 Å². The molecule has 1 spiro atoms. The van der Waals surface area contributed by atoms with Crippen LogP contribution in [0.2, 0.25) is 0 Å². The number of likely N-dealkylation sites (tertiary alicyclic amines) is 2. The van der Waals surface area contributed by atoms with Crippen molar-refractivity contribution in [3.63, 3.8) is 0 Å². The number of phenols is 1. The van der Waals surface area contributed by atoms with Gasteiger partial charge in [-0.15, -0.1) is 10.2 Å². The first kappa shape index (κ1) is 31.4. The topological polar surface area (TPSA) is 123 Å². The predicted molar refractivity (Wildman–Crippen MR) is 182 cm³/mol. The van der Waals surface area contributed by atoms with Crippen LogP contribution in [-0.4, -0.2) is 112 Å². The van der Waals surface area contributed by atoms with Gasteiger partial charge in [0.25, 0.3) is 0 Å². The van der Waals surface area contributed by atoms with Crippen LogP contribution in [0, 0.1) is 5.41 Å². The molecule has 3 saturated heterocycles. The van der Waals surface area contributed by atoms with Gasteiger partial charge in [-0.1, -0.05) is 12.1 Å². The zero-order valence-corrected chi connectivity index (χ0v) is 28.0. The first-order chi connectivity index (χ1) is 22.6. The number of rotatable bonds is 6. The normalized spacial score (nSPS) is 20.6. The number of aromatic hydroxyl groups is 1. The highest BCUT2D eigenvalue weighted by Gasteiger charge is 2.55. The Balaban J connectivity index is 0.881. The molecular formula is C35H47N9O3. The van der Waals surface area contributed by atoms with Gasteiger partial charge in [0.15, 0.2) is 5.82 Å². The lowest BCUT2D eigenvalue weighted by atomic mass is 9.60. The SMILES string of the molecule is CNc1nnc(-c2ccccc2O)cc1N1CCN(c2ncc(C3CCN(C4CC5(C4)CN(C(=O)OC(C)(C)C)C5)CC3)cn2)CC1. The van der Waals surface area contributed by atoms with Crippen LogP contribution in [-0.2, 0) is 4.74 Å². The molecule has 4 aliphatic rings. The number of anilines is 3. The standard InChI is InChI=1S/C35H47N9O3/c1-34(2,3)47-33(46)44-22-35(23-44)18-26(19-35)41-11-9-24(10-12-41)25-20-37-32(38-21-25)43-15-13-42(14-16-43)29-17-28(39-40-31(29)36-4)27-7-5-6-8-30(27)45/h5-8,17,20-21,24,26,45H,9-16,18-19,22-23H2,1-4H3,(H,36,40). The van der Waals surface area contributed by atoms with E-state index < -0.39 is 5.60 Å². The number of aromatic nitrogens is 4. The van der Waals surface area contributed by atoms with Crippen molar-refractivity contribution in [1.29, 1.82) is 0 Å². The summed E-state index contributed by atoms with van der Waals surface area (Å²) in [5.41, 5.74) is 3.39. The van der Waals surface area contributed by atoms with Gasteiger partial charge >= 0.3 is 6.09 Å². The number of carbonyl (C=O) groups is 1. The smallest absolute Gasteiger partial charge is 0.410 e. The zero-order valence-electron chi connectivity index (χ0n) is 28.0. The summed E-state index contributed by atoms with van der Waals surface area (Å²) in [5, 5.41) is 22.3. The van der Waals surface area contributed by atoms with Crippen LogP contribution < -0.4 is 15.1 Å². The minimum atomic E-state index is -0.440. The van der Waals surface area contributed by atoms with Gasteiger partial charge in [-0.05, 0) is 89.2 Å². The number of phenolic OH excluding ortho intramolecular Hbond substituents is 1. The number of ether oxygens (including phenoxy) is 1. The summed E-state index contributed by atoms with van der Waals surface area (Å²) in [4.78, 5) is 31.0. The second kappa shape index (κ2) is 12.4. The maximum absolute atomic E-state index is 12.3. The van der Waals surface area contributed by atoms with E-state index in [1.165, 1.54) is 18.4 Å². The van der Waals surface area contributed by atoms with Gasteiger partial charge in [-0.2, -0.15) is 0 Å². The van der Waals surface area contributed by atoms with E-state index in [-0.39, 0.29) is 11.8 Å². The van der Waals surface area contributed by atoms with Gasteiger partial charge in [0.2, 0.25) is 5.95 Å². The van der Waals surface area contributed by atoms with Crippen LogP contribution in [0.4, 0.5) is 22.2 Å². The molecule has 12 nitrogen and oxygen atoms in total. The Morgan fingerprint density at radius 3 is 2.26 bits per heavy atom. The molecule has 0 atom stereocenters. The molecule has 1 aliphatic carbocycles. The predicted octanol–water partition coefficient (Wildman–Crippen LogP) is 4.59. The quantitative estimate of drug-likeness (QED) is 0.393. The van der Waals surface area contributed by atoms with E-state index in [1.807, 2.05) is 63.3 Å². The number of hydrogen-bond donors (Lipinski definition) is 2. The molecule has 2 aromatic heterocycles. The lowest BCUT2D eigenvalue weighted by Crippen LogP contribution is -2.68. The number of piperidine rings is 1. The zero-order chi connectivity index (χ0) is 32.8. The second-order valence-electron chi connectivity index (χ2n) is 14.7. The summed E-state index contributed by atoms with van der Waals surface area (Å²) in [6.07, 6.45) is 8.54. The third-order valence-corrected chi connectivity index (χ3v) is 10.3. The average molecular weight is 642 g/mol.